The van der Waals surface area contributed by atoms with Gasteiger partial charge >= 0.3 is 0 Å². The molecule has 0 rings (SSSR count). The van der Waals surface area contributed by atoms with Crippen molar-refractivity contribution in [2.45, 2.75) is 0 Å². The Balaban J connectivity index is 0. The molecule has 0 unspecified atom stereocenters. The van der Waals surface area contributed by atoms with Crippen LogP contribution in [0.15, 0.2) is 0 Å². The van der Waals surface area contributed by atoms with Crippen LogP contribution < -0.4 is 11.0 Å². The molecule has 0 saturated heterocycles. The van der Waals surface area contributed by atoms with Crippen LogP contribution >= 0.6 is 8.60 Å². The van der Waals surface area contributed by atoms with Gasteiger partial charge in [0.25, 0.3) is 0 Å². The van der Waals surface area contributed by atoms with E-state index < -0.39 is 8.60 Å². The molecule has 0 heterocycles. The maximum atomic E-state index is 8.70. The van der Waals surface area contributed by atoms with E-state index in [9.17, 15) is 0 Å². The molecule has 0 radical (unpaired) electrons. The van der Waals surface area contributed by atoms with E-state index >= 15 is 0 Å². The lowest BCUT2D eigenvalue weighted by Crippen LogP contribution is -1.87. The molecule has 0 aliphatic rings. The van der Waals surface area contributed by atoms with Crippen LogP contribution in [0.2, 0.25) is 0 Å². The minimum absolute atomic E-state index is 0. The standard InChI is InChI=1S/H3N.H2O3P/c;1-4(2)3/h1H3;1-2H/q;-1/p+1. The monoisotopic (exact) mass is 99.0 g/mol. The third-order valence-electron chi connectivity index (χ3n) is 0. The van der Waals surface area contributed by atoms with Crippen LogP contribution in [0.4, 0.5) is 0 Å². The van der Waals surface area contributed by atoms with Gasteiger partial charge < -0.3 is 20.8 Å². The Morgan fingerprint density at radius 2 is 1.40 bits per heavy atom. The van der Waals surface area contributed by atoms with Gasteiger partial charge in [-0.1, -0.05) is 0 Å². The van der Waals surface area contributed by atoms with Gasteiger partial charge in [-0.05, 0) is 0 Å². The molecule has 0 aromatic carbocycles. The zero-order chi connectivity index (χ0) is 3.58. The van der Waals surface area contributed by atoms with Crippen LogP contribution in [-0.4, -0.2) is 9.79 Å². The summed E-state index contributed by atoms with van der Waals surface area (Å²) in [4.78, 5) is 22.9. The van der Waals surface area contributed by atoms with Gasteiger partial charge in [0.1, 0.15) is 0 Å². The molecule has 0 aliphatic heterocycles. The Hall–Kier alpha value is 0.270. The van der Waals surface area contributed by atoms with Crippen LogP contribution in [0, 0.1) is 0 Å². The molecule has 0 saturated carbocycles. The van der Waals surface area contributed by atoms with Crippen LogP contribution in [0.25, 0.3) is 0 Å². The van der Waals surface area contributed by atoms with E-state index in [1.807, 2.05) is 0 Å². The fraction of sp³-hybridized carbons (Fsp3) is 0. The fourth-order valence-electron chi connectivity index (χ4n) is 0. The number of quaternary nitrogens is 1. The molecule has 0 aliphatic carbocycles. The van der Waals surface area contributed by atoms with Crippen LogP contribution in [0.1, 0.15) is 0 Å². The minimum Gasteiger partial charge on any atom is -0.786 e. The van der Waals surface area contributed by atoms with Gasteiger partial charge in [-0.3, -0.25) is 0 Å². The summed E-state index contributed by atoms with van der Waals surface area (Å²) in [6, 6.07) is 0. The smallest absolute Gasteiger partial charge is 0.0755 e. The summed E-state index contributed by atoms with van der Waals surface area (Å²) in [6.07, 6.45) is 0. The highest BCUT2D eigenvalue weighted by Crippen LogP contribution is 2.03. The normalized spacial score (nSPS) is 7.20. The molecular formula is H6NO3P. The van der Waals surface area contributed by atoms with Crippen molar-refractivity contribution in [1.82, 2.24) is 6.15 Å². The first kappa shape index (κ1) is 8.99. The van der Waals surface area contributed by atoms with Gasteiger partial charge in [0.05, 0.1) is 8.60 Å². The lowest BCUT2D eigenvalue weighted by molar-refractivity contribution is -0.193. The molecular weight excluding hydrogens is 93.0 g/mol. The van der Waals surface area contributed by atoms with E-state index in [0.717, 1.165) is 0 Å². The number of hydrogen-bond donors (Lipinski definition) is 3. The molecule has 5 heavy (non-hydrogen) atoms. The quantitative estimate of drug-likeness (QED) is 0.337. The first-order valence-electron chi connectivity index (χ1n) is 0.583. The second-order valence-corrected chi connectivity index (χ2v) is 0.758. The van der Waals surface area contributed by atoms with Gasteiger partial charge in [0.2, 0.25) is 0 Å². The maximum Gasteiger partial charge on any atom is 0.0755 e. The summed E-state index contributed by atoms with van der Waals surface area (Å²) in [7, 11) is -2.87. The zero-order valence-corrected chi connectivity index (χ0v) is 3.64. The van der Waals surface area contributed by atoms with Gasteiger partial charge in [-0.15, -0.1) is 0 Å². The first-order valence-corrected chi connectivity index (χ1v) is 1.75. The van der Waals surface area contributed by atoms with Crippen LogP contribution in [-0.2, 0) is 0 Å². The number of rotatable bonds is 0. The average molecular weight is 99.0 g/mol. The fourth-order valence-corrected chi connectivity index (χ4v) is 0. The van der Waals surface area contributed by atoms with E-state index in [0.29, 0.717) is 0 Å². The van der Waals surface area contributed by atoms with Crippen molar-refractivity contribution in [2.75, 3.05) is 0 Å². The van der Waals surface area contributed by atoms with Crippen molar-refractivity contribution >= 4 is 8.60 Å². The Morgan fingerprint density at radius 3 is 1.40 bits per heavy atom. The molecule has 34 valence electrons. The van der Waals surface area contributed by atoms with Crippen molar-refractivity contribution in [3.8, 4) is 0 Å². The lowest BCUT2D eigenvalue weighted by Gasteiger charge is -1.99. The molecule has 0 bridgehead atoms. The molecule has 0 aromatic rings. The summed E-state index contributed by atoms with van der Waals surface area (Å²) in [5.41, 5.74) is 0. The molecule has 4 nitrogen and oxygen atoms in total. The zero-order valence-electron chi connectivity index (χ0n) is 2.75. The largest absolute Gasteiger partial charge is 0.786 e. The van der Waals surface area contributed by atoms with Crippen molar-refractivity contribution in [1.29, 1.82) is 0 Å². The molecule has 0 spiro atoms. The Labute approximate surface area is 30.7 Å². The number of hydrogen-bond acceptors (Lipinski definition) is 3. The van der Waals surface area contributed by atoms with Crippen molar-refractivity contribution in [2.24, 2.45) is 0 Å². The second kappa shape index (κ2) is 4.27. The SMILES string of the molecule is [NH4+].[O-]P(O)O. The highest BCUT2D eigenvalue weighted by molar-refractivity contribution is 7.36. The average Bonchev–Trinajstić information content (AvgIpc) is 0.811. The second-order valence-electron chi connectivity index (χ2n) is 0.253. The molecule has 6 N–H and O–H groups in total. The highest BCUT2D eigenvalue weighted by Gasteiger charge is 1.55. The molecule has 0 amide bonds. The van der Waals surface area contributed by atoms with Gasteiger partial charge in [0.15, 0.2) is 0 Å². The Bertz CT molecular complexity index is 11.6. The maximum absolute atomic E-state index is 8.70. The summed E-state index contributed by atoms with van der Waals surface area (Å²) in [5, 5.41) is 0. The molecule has 0 atom stereocenters. The van der Waals surface area contributed by atoms with Gasteiger partial charge in [-0.2, -0.15) is 0 Å². The molecule has 5 heteroatoms. The molecule has 0 aromatic heterocycles. The third kappa shape index (κ3) is 302. The van der Waals surface area contributed by atoms with Crippen molar-refractivity contribution in [3.05, 3.63) is 0 Å². The highest BCUT2D eigenvalue weighted by atomic mass is 31.2. The van der Waals surface area contributed by atoms with Crippen LogP contribution in [0.5, 0.6) is 0 Å². The van der Waals surface area contributed by atoms with E-state index in [2.05, 4.69) is 0 Å². The Morgan fingerprint density at radius 1 is 1.40 bits per heavy atom. The summed E-state index contributed by atoms with van der Waals surface area (Å²) >= 11 is 0. The Kier molecular flexibility index (Phi) is 7.67. The van der Waals surface area contributed by atoms with E-state index in [1.165, 1.54) is 0 Å². The first-order chi connectivity index (χ1) is 1.73. The minimum atomic E-state index is -2.87. The van der Waals surface area contributed by atoms with Crippen LogP contribution in [0.3, 0.4) is 0 Å². The van der Waals surface area contributed by atoms with Gasteiger partial charge in [-0.25, -0.2) is 0 Å². The molecule has 0 fully saturated rings. The van der Waals surface area contributed by atoms with E-state index in [-0.39, 0.29) is 6.15 Å². The van der Waals surface area contributed by atoms with Gasteiger partial charge in [0, 0.05) is 0 Å². The summed E-state index contributed by atoms with van der Waals surface area (Å²) < 4.78 is 0. The van der Waals surface area contributed by atoms with E-state index in [1.54, 1.807) is 0 Å². The lowest BCUT2D eigenvalue weighted by atomic mass is 14.0. The summed E-state index contributed by atoms with van der Waals surface area (Å²) in [5.74, 6) is 0. The predicted octanol–water partition coefficient (Wildman–Crippen LogP) is -1.07. The predicted molar refractivity (Wildman–Crippen MR) is 17.3 cm³/mol. The van der Waals surface area contributed by atoms with E-state index in [4.69, 9.17) is 14.7 Å². The summed E-state index contributed by atoms with van der Waals surface area (Å²) in [6.45, 7) is 0. The van der Waals surface area contributed by atoms with Crippen molar-refractivity contribution < 1.29 is 14.7 Å². The van der Waals surface area contributed by atoms with Crippen molar-refractivity contribution in [3.63, 3.8) is 0 Å². The third-order valence-corrected chi connectivity index (χ3v) is 0. The topological polar surface area (TPSA) is 100 Å².